The molecule has 0 amide bonds. The summed E-state index contributed by atoms with van der Waals surface area (Å²) in [5.41, 5.74) is 1.13. The molecule has 2 heterocycles. The standard InChI is InChI=1S/C13H14N6OS/c1-2-7-14-12-11(16-18-21-12)8-19-13(20)9-5-3-4-6-10(9)15-17-19/h3-6,14H,2,7-8H2,1H3. The minimum Gasteiger partial charge on any atom is -0.374 e. The summed E-state index contributed by atoms with van der Waals surface area (Å²) in [4.78, 5) is 12.4. The summed E-state index contributed by atoms with van der Waals surface area (Å²) < 4.78 is 5.24. The van der Waals surface area contributed by atoms with E-state index in [0.29, 0.717) is 16.6 Å². The van der Waals surface area contributed by atoms with Crippen molar-refractivity contribution in [3.05, 3.63) is 40.3 Å². The lowest BCUT2D eigenvalue weighted by molar-refractivity contribution is 0.591. The SMILES string of the molecule is CCCNc1snnc1Cn1nnc2ccccc2c1=O. The maximum absolute atomic E-state index is 12.4. The Morgan fingerprint density at radius 3 is 3.00 bits per heavy atom. The van der Waals surface area contributed by atoms with Gasteiger partial charge in [0.1, 0.15) is 16.2 Å². The molecule has 0 radical (unpaired) electrons. The lowest BCUT2D eigenvalue weighted by Crippen LogP contribution is -2.25. The van der Waals surface area contributed by atoms with E-state index in [1.807, 2.05) is 12.1 Å². The fourth-order valence-corrected chi connectivity index (χ4v) is 2.55. The number of nitrogens with zero attached hydrogens (tertiary/aromatic N) is 5. The molecule has 21 heavy (non-hydrogen) atoms. The monoisotopic (exact) mass is 302 g/mol. The van der Waals surface area contributed by atoms with Gasteiger partial charge in [-0.15, -0.1) is 10.2 Å². The number of hydrogen-bond donors (Lipinski definition) is 1. The smallest absolute Gasteiger partial charge is 0.277 e. The first-order valence-corrected chi connectivity index (χ1v) is 7.44. The lowest BCUT2D eigenvalue weighted by Gasteiger charge is -2.05. The molecule has 0 aliphatic rings. The summed E-state index contributed by atoms with van der Waals surface area (Å²) in [5, 5.41) is 16.8. The maximum atomic E-state index is 12.4. The van der Waals surface area contributed by atoms with Crippen molar-refractivity contribution in [1.29, 1.82) is 0 Å². The highest BCUT2D eigenvalue weighted by Crippen LogP contribution is 2.18. The highest BCUT2D eigenvalue weighted by molar-refractivity contribution is 7.10. The van der Waals surface area contributed by atoms with Gasteiger partial charge in [-0.05, 0) is 18.6 Å². The second-order valence-electron chi connectivity index (χ2n) is 4.54. The van der Waals surface area contributed by atoms with E-state index >= 15 is 0 Å². The Balaban J connectivity index is 1.94. The van der Waals surface area contributed by atoms with Gasteiger partial charge in [0.15, 0.2) is 0 Å². The number of aromatic nitrogens is 5. The second-order valence-corrected chi connectivity index (χ2v) is 5.30. The summed E-state index contributed by atoms with van der Waals surface area (Å²) >= 11 is 1.28. The molecule has 0 saturated heterocycles. The third kappa shape index (κ3) is 2.75. The lowest BCUT2D eigenvalue weighted by atomic mass is 10.2. The molecule has 0 aliphatic carbocycles. The minimum absolute atomic E-state index is 0.171. The first kappa shape index (κ1) is 13.6. The zero-order chi connectivity index (χ0) is 14.7. The molecule has 7 nitrogen and oxygen atoms in total. The van der Waals surface area contributed by atoms with Gasteiger partial charge in [0.2, 0.25) is 0 Å². The van der Waals surface area contributed by atoms with Gasteiger partial charge < -0.3 is 5.32 Å². The van der Waals surface area contributed by atoms with Crippen LogP contribution in [0.4, 0.5) is 5.00 Å². The van der Waals surface area contributed by atoms with E-state index in [1.54, 1.807) is 12.1 Å². The van der Waals surface area contributed by atoms with E-state index in [9.17, 15) is 4.79 Å². The summed E-state index contributed by atoms with van der Waals surface area (Å²) in [5.74, 6) is 0. The molecule has 3 rings (SSSR count). The molecule has 0 aliphatic heterocycles. The fraction of sp³-hybridized carbons (Fsp3) is 0.308. The van der Waals surface area contributed by atoms with Crippen LogP contribution in [0.15, 0.2) is 29.1 Å². The van der Waals surface area contributed by atoms with Crippen LogP contribution in [0.1, 0.15) is 19.0 Å². The first-order valence-electron chi connectivity index (χ1n) is 6.67. The van der Waals surface area contributed by atoms with Gasteiger partial charge >= 0.3 is 0 Å². The highest BCUT2D eigenvalue weighted by Gasteiger charge is 2.11. The van der Waals surface area contributed by atoms with E-state index in [4.69, 9.17) is 0 Å². The average Bonchev–Trinajstić information content (AvgIpc) is 2.95. The van der Waals surface area contributed by atoms with Crippen LogP contribution in [0, 0.1) is 0 Å². The Hall–Kier alpha value is -2.35. The largest absolute Gasteiger partial charge is 0.374 e. The van der Waals surface area contributed by atoms with Crippen molar-refractivity contribution in [2.24, 2.45) is 0 Å². The number of hydrogen-bond acceptors (Lipinski definition) is 7. The summed E-state index contributed by atoms with van der Waals surface area (Å²) in [6, 6.07) is 7.16. The quantitative estimate of drug-likeness (QED) is 0.769. The Morgan fingerprint density at radius 1 is 1.29 bits per heavy atom. The molecule has 0 unspecified atom stereocenters. The zero-order valence-electron chi connectivity index (χ0n) is 11.5. The number of nitrogens with one attached hydrogen (secondary N) is 1. The number of fused-ring (bicyclic) bond motifs is 1. The van der Waals surface area contributed by atoms with E-state index < -0.39 is 0 Å². The van der Waals surface area contributed by atoms with Crippen LogP contribution in [0.25, 0.3) is 10.9 Å². The predicted molar refractivity (Wildman–Crippen MR) is 81.6 cm³/mol. The van der Waals surface area contributed by atoms with Crippen molar-refractivity contribution < 1.29 is 0 Å². The normalized spacial score (nSPS) is 10.9. The molecule has 0 atom stereocenters. The van der Waals surface area contributed by atoms with E-state index in [2.05, 4.69) is 32.1 Å². The number of rotatable bonds is 5. The molecule has 0 bridgehead atoms. The third-order valence-corrected chi connectivity index (χ3v) is 3.75. The molecule has 108 valence electrons. The molecular formula is C13H14N6OS. The van der Waals surface area contributed by atoms with Crippen LogP contribution in [-0.4, -0.2) is 31.1 Å². The van der Waals surface area contributed by atoms with Gasteiger partial charge in [0, 0.05) is 18.1 Å². The minimum atomic E-state index is -0.171. The van der Waals surface area contributed by atoms with E-state index in [-0.39, 0.29) is 12.1 Å². The van der Waals surface area contributed by atoms with E-state index in [1.165, 1.54) is 16.2 Å². The highest BCUT2D eigenvalue weighted by atomic mass is 32.1. The predicted octanol–water partition coefficient (Wildman–Crippen LogP) is 1.51. The van der Waals surface area contributed by atoms with Gasteiger partial charge in [-0.3, -0.25) is 4.79 Å². The molecular weight excluding hydrogens is 288 g/mol. The average molecular weight is 302 g/mol. The zero-order valence-corrected chi connectivity index (χ0v) is 12.3. The number of anilines is 1. The summed E-state index contributed by atoms with van der Waals surface area (Å²) in [6.45, 7) is 3.19. The van der Waals surface area contributed by atoms with E-state index in [0.717, 1.165) is 18.0 Å². The summed E-state index contributed by atoms with van der Waals surface area (Å²) in [7, 11) is 0. The molecule has 2 aromatic heterocycles. The maximum Gasteiger partial charge on any atom is 0.277 e. The van der Waals surface area contributed by atoms with Crippen LogP contribution in [-0.2, 0) is 6.54 Å². The van der Waals surface area contributed by atoms with Gasteiger partial charge in [-0.2, -0.15) is 0 Å². The molecule has 1 N–H and O–H groups in total. The van der Waals surface area contributed by atoms with Gasteiger partial charge in [-0.1, -0.05) is 28.8 Å². The third-order valence-electron chi connectivity index (χ3n) is 3.02. The molecule has 8 heteroatoms. The number of benzene rings is 1. The molecule has 3 aromatic rings. The van der Waals surface area contributed by atoms with Crippen molar-refractivity contribution in [1.82, 2.24) is 24.6 Å². The second kappa shape index (κ2) is 5.96. The van der Waals surface area contributed by atoms with Crippen molar-refractivity contribution in [2.75, 3.05) is 11.9 Å². The molecule has 1 aromatic carbocycles. The Labute approximate surface area is 124 Å². The van der Waals surface area contributed by atoms with Gasteiger partial charge in [0.05, 0.1) is 11.9 Å². The fourth-order valence-electron chi connectivity index (χ4n) is 1.95. The molecule has 0 spiro atoms. The van der Waals surface area contributed by atoms with Crippen LogP contribution in [0.2, 0.25) is 0 Å². The first-order chi connectivity index (χ1) is 10.3. The van der Waals surface area contributed by atoms with Crippen LogP contribution in [0.5, 0.6) is 0 Å². The van der Waals surface area contributed by atoms with Crippen LogP contribution >= 0.6 is 11.5 Å². The Kier molecular flexibility index (Phi) is 3.87. The van der Waals surface area contributed by atoms with Gasteiger partial charge in [-0.25, -0.2) is 4.68 Å². The molecule has 0 saturated carbocycles. The molecule has 0 fully saturated rings. The van der Waals surface area contributed by atoms with Crippen molar-refractivity contribution >= 4 is 27.4 Å². The van der Waals surface area contributed by atoms with Crippen molar-refractivity contribution in [2.45, 2.75) is 19.9 Å². The summed E-state index contributed by atoms with van der Waals surface area (Å²) in [6.07, 6.45) is 1.01. The van der Waals surface area contributed by atoms with Crippen LogP contribution < -0.4 is 10.9 Å². The topological polar surface area (TPSA) is 85.6 Å². The van der Waals surface area contributed by atoms with Crippen LogP contribution in [0.3, 0.4) is 0 Å². The Morgan fingerprint density at radius 2 is 2.14 bits per heavy atom. The van der Waals surface area contributed by atoms with Crippen molar-refractivity contribution in [3.63, 3.8) is 0 Å². The van der Waals surface area contributed by atoms with Gasteiger partial charge in [0.25, 0.3) is 5.56 Å². The van der Waals surface area contributed by atoms with Crippen molar-refractivity contribution in [3.8, 4) is 0 Å². The Bertz CT molecular complexity index is 812.